The average molecular weight is 270 g/mol. The number of ketones is 1. The summed E-state index contributed by atoms with van der Waals surface area (Å²) >= 11 is 0. The predicted molar refractivity (Wildman–Crippen MR) is 82.4 cm³/mol. The van der Waals surface area contributed by atoms with E-state index in [-0.39, 0.29) is 5.78 Å². The molecule has 0 rings (SSSR count). The Morgan fingerprint density at radius 3 is 1.68 bits per heavy atom. The molecule has 0 aromatic rings. The van der Waals surface area contributed by atoms with E-state index in [1.165, 1.54) is 64.2 Å². The molecule has 0 aliphatic carbocycles. The minimum Gasteiger partial charge on any atom is -0.393 e. The zero-order chi connectivity index (χ0) is 14.3. The molecule has 0 saturated heterocycles. The molecule has 1 unspecified atom stereocenters. The molecule has 0 heterocycles. The van der Waals surface area contributed by atoms with Gasteiger partial charge in [0.15, 0.2) is 0 Å². The number of hydrogen-bond acceptors (Lipinski definition) is 2. The van der Waals surface area contributed by atoms with Crippen molar-refractivity contribution in [2.75, 3.05) is 0 Å². The summed E-state index contributed by atoms with van der Waals surface area (Å²) in [6.07, 6.45) is 15.3. The number of hydrogen-bond donors (Lipinski definition) is 1. The maximum absolute atomic E-state index is 10.8. The van der Waals surface area contributed by atoms with E-state index in [0.717, 1.165) is 12.8 Å². The summed E-state index contributed by atoms with van der Waals surface area (Å²) in [5.74, 6) is 0.0931. The summed E-state index contributed by atoms with van der Waals surface area (Å²) in [7, 11) is 0. The van der Waals surface area contributed by atoms with E-state index in [4.69, 9.17) is 0 Å². The van der Waals surface area contributed by atoms with Gasteiger partial charge in [-0.05, 0) is 13.3 Å². The molecule has 0 aliphatic heterocycles. The minimum absolute atomic E-state index is 0.0931. The van der Waals surface area contributed by atoms with Gasteiger partial charge in [0.2, 0.25) is 0 Å². The van der Waals surface area contributed by atoms with Crippen LogP contribution in [0, 0.1) is 0 Å². The summed E-state index contributed by atoms with van der Waals surface area (Å²) in [6.45, 7) is 3.80. The molecule has 0 spiro atoms. The van der Waals surface area contributed by atoms with E-state index in [1.54, 1.807) is 6.92 Å². The third-order valence-electron chi connectivity index (χ3n) is 3.66. The van der Waals surface area contributed by atoms with Gasteiger partial charge in [-0.2, -0.15) is 0 Å². The first-order valence-electron chi connectivity index (χ1n) is 8.34. The minimum atomic E-state index is -0.406. The van der Waals surface area contributed by atoms with Crippen LogP contribution in [-0.4, -0.2) is 17.0 Å². The lowest BCUT2D eigenvalue weighted by molar-refractivity contribution is -0.118. The molecular formula is C17H34O2. The summed E-state index contributed by atoms with van der Waals surface area (Å²) in [6, 6.07) is 0. The summed E-state index contributed by atoms with van der Waals surface area (Å²) in [4.78, 5) is 10.8. The van der Waals surface area contributed by atoms with Gasteiger partial charge in [0.25, 0.3) is 0 Å². The molecule has 0 bridgehead atoms. The Morgan fingerprint density at radius 2 is 1.26 bits per heavy atom. The Labute approximate surface area is 120 Å². The fourth-order valence-electron chi connectivity index (χ4n) is 2.48. The fourth-order valence-corrected chi connectivity index (χ4v) is 2.48. The Hall–Kier alpha value is -0.370. The highest BCUT2D eigenvalue weighted by atomic mass is 16.3. The maximum atomic E-state index is 10.8. The topological polar surface area (TPSA) is 37.3 Å². The van der Waals surface area contributed by atoms with Crippen molar-refractivity contribution in [2.45, 2.75) is 103 Å². The van der Waals surface area contributed by atoms with Crippen LogP contribution < -0.4 is 0 Å². The number of aliphatic hydroxyl groups is 1. The molecule has 0 radical (unpaired) electrons. The van der Waals surface area contributed by atoms with E-state index in [9.17, 15) is 9.90 Å². The molecule has 0 saturated carbocycles. The van der Waals surface area contributed by atoms with E-state index in [2.05, 4.69) is 6.92 Å². The maximum Gasteiger partial charge on any atom is 0.132 e. The first-order chi connectivity index (χ1) is 9.16. The Kier molecular flexibility index (Phi) is 13.8. The molecule has 114 valence electrons. The van der Waals surface area contributed by atoms with Crippen molar-refractivity contribution in [1.29, 1.82) is 0 Å². The van der Waals surface area contributed by atoms with Crippen LogP contribution in [0.25, 0.3) is 0 Å². The number of rotatable bonds is 14. The van der Waals surface area contributed by atoms with Crippen molar-refractivity contribution in [3.8, 4) is 0 Å². The van der Waals surface area contributed by atoms with Gasteiger partial charge in [-0.1, -0.05) is 77.6 Å². The second-order valence-corrected chi connectivity index (χ2v) is 5.88. The number of carbonyl (C=O) groups excluding carboxylic acids is 1. The van der Waals surface area contributed by atoms with E-state index < -0.39 is 6.10 Å². The van der Waals surface area contributed by atoms with Gasteiger partial charge in [0.05, 0.1) is 6.10 Å². The van der Waals surface area contributed by atoms with Crippen molar-refractivity contribution in [2.24, 2.45) is 0 Å². The monoisotopic (exact) mass is 270 g/mol. The van der Waals surface area contributed by atoms with Gasteiger partial charge in [0.1, 0.15) is 5.78 Å². The third-order valence-corrected chi connectivity index (χ3v) is 3.66. The fraction of sp³-hybridized carbons (Fsp3) is 0.941. The highest BCUT2D eigenvalue weighted by molar-refractivity contribution is 5.75. The molecule has 0 aromatic heterocycles. The standard InChI is InChI=1S/C17H34O2/c1-3-4-5-6-7-8-9-10-11-12-13-14-17(19)15-16(2)18/h17,19H,3-15H2,1-2H3. The molecule has 2 heteroatoms. The van der Waals surface area contributed by atoms with Crippen LogP contribution in [0.2, 0.25) is 0 Å². The third kappa shape index (κ3) is 15.6. The Balaban J connectivity index is 3.08. The molecule has 0 aliphatic rings. The van der Waals surface area contributed by atoms with Gasteiger partial charge >= 0.3 is 0 Å². The number of unbranched alkanes of at least 4 members (excludes halogenated alkanes) is 10. The lowest BCUT2D eigenvalue weighted by Gasteiger charge is -2.07. The lowest BCUT2D eigenvalue weighted by atomic mass is 10.0. The van der Waals surface area contributed by atoms with Crippen LogP contribution in [0.3, 0.4) is 0 Å². The first-order valence-corrected chi connectivity index (χ1v) is 8.34. The molecule has 0 aromatic carbocycles. The average Bonchev–Trinajstić information content (AvgIpc) is 2.35. The highest BCUT2D eigenvalue weighted by Crippen LogP contribution is 2.13. The van der Waals surface area contributed by atoms with Gasteiger partial charge < -0.3 is 5.11 Å². The van der Waals surface area contributed by atoms with Gasteiger partial charge in [-0.3, -0.25) is 4.79 Å². The van der Waals surface area contributed by atoms with Crippen LogP contribution in [0.5, 0.6) is 0 Å². The van der Waals surface area contributed by atoms with Crippen LogP contribution in [0.4, 0.5) is 0 Å². The molecular weight excluding hydrogens is 236 g/mol. The summed E-state index contributed by atoms with van der Waals surface area (Å²) in [5.41, 5.74) is 0. The lowest BCUT2D eigenvalue weighted by Crippen LogP contribution is -2.10. The SMILES string of the molecule is CCCCCCCCCCCCCC(O)CC(C)=O. The molecule has 1 N–H and O–H groups in total. The molecule has 0 amide bonds. The van der Waals surface area contributed by atoms with Crippen LogP contribution in [0.15, 0.2) is 0 Å². The molecule has 19 heavy (non-hydrogen) atoms. The van der Waals surface area contributed by atoms with Gasteiger partial charge in [0, 0.05) is 6.42 Å². The largest absolute Gasteiger partial charge is 0.393 e. The van der Waals surface area contributed by atoms with Gasteiger partial charge in [-0.25, -0.2) is 0 Å². The zero-order valence-electron chi connectivity index (χ0n) is 13.1. The second kappa shape index (κ2) is 14.0. The quantitative estimate of drug-likeness (QED) is 0.450. The predicted octanol–water partition coefficient (Wildman–Crippen LogP) is 5.03. The summed E-state index contributed by atoms with van der Waals surface area (Å²) < 4.78 is 0. The van der Waals surface area contributed by atoms with E-state index in [0.29, 0.717) is 6.42 Å². The van der Waals surface area contributed by atoms with Crippen LogP contribution in [0.1, 0.15) is 97.3 Å². The normalized spacial score (nSPS) is 12.6. The molecule has 0 fully saturated rings. The number of aliphatic hydroxyl groups excluding tert-OH is 1. The van der Waals surface area contributed by atoms with Crippen molar-refractivity contribution in [3.05, 3.63) is 0 Å². The van der Waals surface area contributed by atoms with Crippen LogP contribution in [-0.2, 0) is 4.79 Å². The smallest absolute Gasteiger partial charge is 0.132 e. The van der Waals surface area contributed by atoms with Crippen molar-refractivity contribution in [3.63, 3.8) is 0 Å². The summed E-state index contributed by atoms with van der Waals surface area (Å²) in [5, 5.41) is 9.54. The van der Waals surface area contributed by atoms with Crippen molar-refractivity contribution in [1.82, 2.24) is 0 Å². The first kappa shape index (κ1) is 18.6. The Morgan fingerprint density at radius 1 is 0.842 bits per heavy atom. The van der Waals surface area contributed by atoms with E-state index >= 15 is 0 Å². The zero-order valence-corrected chi connectivity index (χ0v) is 13.1. The molecule has 2 nitrogen and oxygen atoms in total. The second-order valence-electron chi connectivity index (χ2n) is 5.88. The number of carbonyl (C=O) groups is 1. The number of Topliss-reactive ketones (excluding diaryl/α,β-unsaturated/α-hetero) is 1. The van der Waals surface area contributed by atoms with Gasteiger partial charge in [-0.15, -0.1) is 0 Å². The van der Waals surface area contributed by atoms with E-state index in [1.807, 2.05) is 0 Å². The molecule has 1 atom stereocenters. The van der Waals surface area contributed by atoms with Crippen LogP contribution >= 0.6 is 0 Å². The Bertz CT molecular complexity index is 201. The van der Waals surface area contributed by atoms with Crippen molar-refractivity contribution >= 4 is 5.78 Å². The van der Waals surface area contributed by atoms with Crippen molar-refractivity contribution < 1.29 is 9.90 Å². The highest BCUT2D eigenvalue weighted by Gasteiger charge is 2.06.